The first-order chi connectivity index (χ1) is 18.5. The fourth-order valence-electron chi connectivity index (χ4n) is 4.86. The van der Waals surface area contributed by atoms with Crippen LogP contribution in [0.15, 0.2) is 75.9 Å². The molecule has 0 aliphatic carbocycles. The number of carbonyl (C=O) groups is 1. The molecule has 1 amide bonds. The van der Waals surface area contributed by atoms with Gasteiger partial charge in [0.15, 0.2) is 5.43 Å². The first-order valence-electron chi connectivity index (χ1n) is 13.1. The van der Waals surface area contributed by atoms with Gasteiger partial charge in [-0.25, -0.2) is 4.39 Å². The smallest absolute Gasteiger partial charge is 0.295 e. The lowest BCUT2D eigenvalue weighted by Gasteiger charge is -2.25. The zero-order valence-electron chi connectivity index (χ0n) is 21.5. The van der Waals surface area contributed by atoms with Gasteiger partial charge in [0, 0.05) is 5.69 Å². The number of benzene rings is 3. The maximum Gasteiger partial charge on any atom is 0.295 e. The Balaban J connectivity index is 1.56. The second kappa shape index (κ2) is 11.1. The van der Waals surface area contributed by atoms with E-state index in [1.54, 1.807) is 29.2 Å². The van der Waals surface area contributed by atoms with Crippen molar-refractivity contribution < 1.29 is 23.1 Å². The minimum atomic E-state index is -0.752. The molecule has 0 fully saturated rings. The highest BCUT2D eigenvalue weighted by Crippen LogP contribution is 2.42. The lowest BCUT2D eigenvalue weighted by molar-refractivity contribution is 0.0971. The molecule has 1 aromatic heterocycles. The summed E-state index contributed by atoms with van der Waals surface area (Å²) in [6, 6.07) is 17.5. The molecule has 0 saturated carbocycles. The number of fused-ring (bicyclic) bond motifs is 2. The molecule has 1 unspecified atom stereocenters. The van der Waals surface area contributed by atoms with Crippen LogP contribution in [0.2, 0.25) is 0 Å². The molecule has 1 aliphatic rings. The van der Waals surface area contributed by atoms with E-state index in [9.17, 15) is 14.0 Å². The summed E-state index contributed by atoms with van der Waals surface area (Å²) < 4.78 is 31.4. The zero-order valence-corrected chi connectivity index (χ0v) is 21.5. The summed E-state index contributed by atoms with van der Waals surface area (Å²) in [6.45, 7) is 5.21. The fourth-order valence-corrected chi connectivity index (χ4v) is 4.86. The summed E-state index contributed by atoms with van der Waals surface area (Å²) in [5, 5.41) is 0.0992. The largest absolute Gasteiger partial charge is 0.494 e. The van der Waals surface area contributed by atoms with Gasteiger partial charge in [0.1, 0.15) is 22.9 Å². The topological polar surface area (TPSA) is 69.0 Å². The van der Waals surface area contributed by atoms with Crippen LogP contribution in [0.4, 0.5) is 10.1 Å². The number of amides is 1. The molecule has 4 aromatic rings. The third-order valence-electron chi connectivity index (χ3n) is 6.72. The number of carbonyl (C=O) groups excluding carboxylic acids is 1. The van der Waals surface area contributed by atoms with Crippen LogP contribution < -0.4 is 19.8 Å². The summed E-state index contributed by atoms with van der Waals surface area (Å²) in [5.74, 6) is 0.371. The Hall–Kier alpha value is -4.13. The van der Waals surface area contributed by atoms with Crippen molar-refractivity contribution in [1.29, 1.82) is 0 Å². The van der Waals surface area contributed by atoms with Crippen molar-refractivity contribution in [2.24, 2.45) is 0 Å². The van der Waals surface area contributed by atoms with Gasteiger partial charge in [-0.2, -0.15) is 0 Å². The predicted octanol–water partition coefficient (Wildman–Crippen LogP) is 7.04. The molecule has 0 radical (unpaired) electrons. The zero-order chi connectivity index (χ0) is 26.6. The van der Waals surface area contributed by atoms with Gasteiger partial charge in [-0.05, 0) is 73.5 Å². The first kappa shape index (κ1) is 25.5. The Morgan fingerprint density at radius 1 is 0.868 bits per heavy atom. The molecular weight excluding hydrogens is 485 g/mol. The van der Waals surface area contributed by atoms with Crippen molar-refractivity contribution in [3.8, 4) is 11.5 Å². The minimum absolute atomic E-state index is 0.0377. The van der Waals surface area contributed by atoms with Gasteiger partial charge >= 0.3 is 0 Å². The third kappa shape index (κ3) is 4.88. The van der Waals surface area contributed by atoms with E-state index in [0.29, 0.717) is 30.2 Å². The molecule has 3 aromatic carbocycles. The Morgan fingerprint density at radius 3 is 2.29 bits per heavy atom. The van der Waals surface area contributed by atoms with Crippen molar-refractivity contribution >= 4 is 22.6 Å². The molecule has 196 valence electrons. The number of anilines is 1. The quantitative estimate of drug-likeness (QED) is 0.212. The molecule has 5 rings (SSSR count). The minimum Gasteiger partial charge on any atom is -0.494 e. The molecule has 0 spiro atoms. The molecule has 0 saturated heterocycles. The van der Waals surface area contributed by atoms with Crippen LogP contribution in [0.3, 0.4) is 0 Å². The standard InChI is InChI=1S/C31H30FNO5/c1-3-5-6-7-18-37-24-13-8-20(9-14-24)28-27-29(34)25-19-21(32)10-17-26(25)38-30(27)31(35)33(28)22-11-15-23(16-12-22)36-4-2/h8-17,19,28H,3-7,18H2,1-2H3. The van der Waals surface area contributed by atoms with Crippen LogP contribution >= 0.6 is 0 Å². The fraction of sp³-hybridized carbons (Fsp3) is 0.290. The van der Waals surface area contributed by atoms with Crippen LogP contribution in [-0.2, 0) is 0 Å². The van der Waals surface area contributed by atoms with Gasteiger partial charge in [0.25, 0.3) is 5.91 Å². The van der Waals surface area contributed by atoms with Crippen molar-refractivity contribution in [2.75, 3.05) is 18.1 Å². The molecule has 1 atom stereocenters. The Labute approximate surface area is 220 Å². The SMILES string of the molecule is CCCCCCOc1ccc(C2c3c(oc4ccc(F)cc4c3=O)C(=O)N2c2ccc(OCC)cc2)cc1. The molecule has 0 N–H and O–H groups in total. The number of hydrogen-bond donors (Lipinski definition) is 0. The number of rotatable bonds is 10. The van der Waals surface area contributed by atoms with Crippen molar-refractivity contribution in [2.45, 2.75) is 45.6 Å². The Morgan fingerprint density at radius 2 is 1.58 bits per heavy atom. The molecule has 7 heteroatoms. The number of ether oxygens (including phenoxy) is 2. The van der Waals surface area contributed by atoms with Crippen molar-refractivity contribution in [3.05, 3.63) is 99.7 Å². The predicted molar refractivity (Wildman–Crippen MR) is 145 cm³/mol. The maximum absolute atomic E-state index is 14.0. The average molecular weight is 516 g/mol. The van der Waals surface area contributed by atoms with Gasteiger partial charge in [-0.1, -0.05) is 38.3 Å². The highest BCUT2D eigenvalue weighted by molar-refractivity contribution is 6.10. The van der Waals surface area contributed by atoms with Crippen LogP contribution in [0.25, 0.3) is 11.0 Å². The van der Waals surface area contributed by atoms with Crippen LogP contribution in [0.5, 0.6) is 11.5 Å². The second-order valence-corrected chi connectivity index (χ2v) is 9.30. The van der Waals surface area contributed by atoms with Gasteiger partial charge in [-0.15, -0.1) is 0 Å². The average Bonchev–Trinajstić information content (AvgIpc) is 3.22. The monoisotopic (exact) mass is 515 g/mol. The molecule has 38 heavy (non-hydrogen) atoms. The molecule has 1 aliphatic heterocycles. The van der Waals surface area contributed by atoms with E-state index in [4.69, 9.17) is 13.9 Å². The van der Waals surface area contributed by atoms with E-state index in [1.807, 2.05) is 31.2 Å². The van der Waals surface area contributed by atoms with E-state index in [0.717, 1.165) is 31.1 Å². The molecule has 6 nitrogen and oxygen atoms in total. The molecule has 0 bridgehead atoms. The summed E-state index contributed by atoms with van der Waals surface area (Å²) in [7, 11) is 0. The maximum atomic E-state index is 14.0. The van der Waals surface area contributed by atoms with Gasteiger partial charge in [0.05, 0.1) is 30.2 Å². The number of halogens is 1. The summed E-state index contributed by atoms with van der Waals surface area (Å²) in [5.41, 5.74) is 1.23. The highest BCUT2D eigenvalue weighted by Gasteiger charge is 2.43. The van der Waals surface area contributed by atoms with Gasteiger partial charge in [0.2, 0.25) is 5.76 Å². The summed E-state index contributed by atoms with van der Waals surface area (Å²) >= 11 is 0. The highest BCUT2D eigenvalue weighted by atomic mass is 19.1. The number of hydrogen-bond acceptors (Lipinski definition) is 5. The first-order valence-corrected chi connectivity index (χ1v) is 13.1. The molecular formula is C31H30FNO5. The van der Waals surface area contributed by atoms with Crippen molar-refractivity contribution in [3.63, 3.8) is 0 Å². The normalized spacial score (nSPS) is 14.7. The van der Waals surface area contributed by atoms with E-state index >= 15 is 0 Å². The summed E-state index contributed by atoms with van der Waals surface area (Å²) in [6.07, 6.45) is 4.45. The lowest BCUT2D eigenvalue weighted by atomic mass is 9.98. The summed E-state index contributed by atoms with van der Waals surface area (Å²) in [4.78, 5) is 28.9. The lowest BCUT2D eigenvalue weighted by Crippen LogP contribution is -2.29. The Bertz CT molecular complexity index is 1490. The molecule has 2 heterocycles. The van der Waals surface area contributed by atoms with Crippen LogP contribution in [0.1, 0.15) is 67.3 Å². The Kier molecular flexibility index (Phi) is 7.45. The van der Waals surface area contributed by atoms with E-state index < -0.39 is 23.2 Å². The number of unbranched alkanes of at least 4 members (excludes halogenated alkanes) is 3. The van der Waals surface area contributed by atoms with Gasteiger partial charge in [-0.3, -0.25) is 14.5 Å². The van der Waals surface area contributed by atoms with E-state index in [1.165, 1.54) is 18.6 Å². The van der Waals surface area contributed by atoms with Crippen LogP contribution in [-0.4, -0.2) is 19.1 Å². The van der Waals surface area contributed by atoms with Crippen molar-refractivity contribution in [1.82, 2.24) is 0 Å². The number of nitrogens with zero attached hydrogens (tertiary/aromatic N) is 1. The second-order valence-electron chi connectivity index (χ2n) is 9.30. The van der Waals surface area contributed by atoms with E-state index in [-0.39, 0.29) is 22.3 Å². The van der Waals surface area contributed by atoms with E-state index in [2.05, 4.69) is 6.92 Å². The van der Waals surface area contributed by atoms with Gasteiger partial charge < -0.3 is 13.9 Å². The van der Waals surface area contributed by atoms with Crippen LogP contribution in [0, 0.1) is 5.82 Å². The third-order valence-corrected chi connectivity index (χ3v) is 6.72.